The molecule has 0 atom stereocenters. The second-order valence-electron chi connectivity index (χ2n) is 8.80. The molecule has 0 saturated carbocycles. The maximum absolute atomic E-state index is 13.3. The molecule has 0 fully saturated rings. The van der Waals surface area contributed by atoms with Crippen molar-refractivity contribution in [3.8, 4) is 17.2 Å². The first-order valence-electron chi connectivity index (χ1n) is 11.9. The minimum absolute atomic E-state index is 0.0614. The maximum atomic E-state index is 13.3. The molecule has 38 heavy (non-hydrogen) atoms. The summed E-state index contributed by atoms with van der Waals surface area (Å²) in [5.74, 6) is 0.447. The van der Waals surface area contributed by atoms with Gasteiger partial charge in [-0.3, -0.25) is 4.79 Å². The van der Waals surface area contributed by atoms with Gasteiger partial charge in [-0.05, 0) is 73.7 Å². The summed E-state index contributed by atoms with van der Waals surface area (Å²) in [5, 5.41) is 1.56. The molecule has 4 aromatic rings. The summed E-state index contributed by atoms with van der Waals surface area (Å²) in [4.78, 5) is 16.2. The Labute approximate surface area is 226 Å². The number of aryl methyl sites for hydroxylation is 3. The van der Waals surface area contributed by atoms with Crippen molar-refractivity contribution in [2.24, 2.45) is 0 Å². The van der Waals surface area contributed by atoms with Gasteiger partial charge in [-0.25, -0.2) is 13.1 Å². The summed E-state index contributed by atoms with van der Waals surface area (Å²) in [6, 6.07) is 15.5. The molecule has 8 nitrogen and oxygen atoms in total. The highest BCUT2D eigenvalue weighted by atomic mass is 35.5. The topological polar surface area (TPSA) is 107 Å². The van der Waals surface area contributed by atoms with Gasteiger partial charge < -0.3 is 19.2 Å². The zero-order valence-corrected chi connectivity index (χ0v) is 23.1. The summed E-state index contributed by atoms with van der Waals surface area (Å²) in [5.41, 5.74) is 3.50. The van der Waals surface area contributed by atoms with E-state index in [9.17, 15) is 13.2 Å². The molecule has 0 aliphatic rings. The number of halogens is 1. The summed E-state index contributed by atoms with van der Waals surface area (Å²) >= 11 is 6.24. The van der Waals surface area contributed by atoms with E-state index in [4.69, 9.17) is 25.8 Å². The molecule has 0 radical (unpaired) electrons. The molecule has 200 valence electrons. The Balaban J connectivity index is 1.54. The fraction of sp³-hybridized carbons (Fsp3) is 0.250. The van der Waals surface area contributed by atoms with E-state index in [1.165, 1.54) is 32.4 Å². The van der Waals surface area contributed by atoms with Crippen LogP contribution in [0.25, 0.3) is 10.9 Å². The number of rotatable bonds is 10. The Morgan fingerprint density at radius 1 is 0.974 bits per heavy atom. The van der Waals surface area contributed by atoms with Crippen LogP contribution in [0, 0.1) is 13.8 Å². The first kappa shape index (κ1) is 27.3. The van der Waals surface area contributed by atoms with Crippen molar-refractivity contribution in [2.45, 2.75) is 31.6 Å². The molecule has 0 spiro atoms. The zero-order chi connectivity index (χ0) is 27.4. The van der Waals surface area contributed by atoms with E-state index in [2.05, 4.69) is 9.71 Å². The standard InChI is InChI=1S/C28H29ClN2O6S/c1-17-14-20(15-18(2)26(17)29)37-13-7-9-22-21-8-5-6-10-23(21)30-27(22)28(32)31-38(33,34)25-12-11-19(35-3)16-24(25)36-4/h5-6,8,10-12,14-16,30H,7,9,13H2,1-4H3,(H,31,32). The summed E-state index contributed by atoms with van der Waals surface area (Å²) in [7, 11) is -1.43. The van der Waals surface area contributed by atoms with E-state index in [1.807, 2.05) is 50.2 Å². The number of nitrogens with one attached hydrogen (secondary N) is 2. The first-order valence-corrected chi connectivity index (χ1v) is 13.8. The number of sulfonamides is 1. The van der Waals surface area contributed by atoms with Gasteiger partial charge in [0.05, 0.1) is 20.8 Å². The van der Waals surface area contributed by atoms with Gasteiger partial charge in [-0.1, -0.05) is 29.8 Å². The number of fused-ring (bicyclic) bond motifs is 1. The van der Waals surface area contributed by atoms with Crippen molar-refractivity contribution in [3.63, 3.8) is 0 Å². The van der Waals surface area contributed by atoms with Crippen molar-refractivity contribution in [3.05, 3.63) is 82.0 Å². The maximum Gasteiger partial charge on any atom is 0.281 e. The Morgan fingerprint density at radius 3 is 2.37 bits per heavy atom. The van der Waals surface area contributed by atoms with Crippen LogP contribution in [0.3, 0.4) is 0 Å². The lowest BCUT2D eigenvalue weighted by molar-refractivity contribution is 0.0976. The second kappa shape index (κ2) is 11.4. The number of hydrogen-bond donors (Lipinski definition) is 2. The van der Waals surface area contributed by atoms with Crippen molar-refractivity contribution in [1.29, 1.82) is 0 Å². The number of para-hydroxylation sites is 1. The average molecular weight is 557 g/mol. The van der Waals surface area contributed by atoms with Crippen LogP contribution in [0.15, 0.2) is 59.5 Å². The molecule has 3 aromatic carbocycles. The summed E-state index contributed by atoms with van der Waals surface area (Å²) in [6.45, 7) is 4.26. The van der Waals surface area contributed by atoms with Crippen LogP contribution in [-0.2, 0) is 16.4 Å². The van der Waals surface area contributed by atoms with Gasteiger partial charge in [0.25, 0.3) is 15.9 Å². The monoisotopic (exact) mass is 556 g/mol. The van der Waals surface area contributed by atoms with Crippen LogP contribution in [0.1, 0.15) is 33.6 Å². The van der Waals surface area contributed by atoms with E-state index in [1.54, 1.807) is 0 Å². The molecular weight excluding hydrogens is 528 g/mol. The number of ether oxygens (including phenoxy) is 3. The van der Waals surface area contributed by atoms with Crippen LogP contribution in [0.4, 0.5) is 0 Å². The van der Waals surface area contributed by atoms with Gasteiger partial charge in [-0.2, -0.15) is 0 Å². The van der Waals surface area contributed by atoms with Crippen LogP contribution in [0.5, 0.6) is 17.2 Å². The molecule has 1 amide bonds. The molecule has 0 unspecified atom stereocenters. The minimum atomic E-state index is -4.24. The lowest BCUT2D eigenvalue weighted by atomic mass is 10.1. The third-order valence-electron chi connectivity index (χ3n) is 6.18. The normalized spacial score (nSPS) is 11.4. The molecule has 1 heterocycles. The Kier molecular flexibility index (Phi) is 8.18. The van der Waals surface area contributed by atoms with E-state index in [-0.39, 0.29) is 16.3 Å². The second-order valence-corrected chi connectivity index (χ2v) is 10.8. The number of benzene rings is 3. The van der Waals surface area contributed by atoms with Crippen LogP contribution < -0.4 is 18.9 Å². The fourth-order valence-corrected chi connectivity index (χ4v) is 5.53. The molecule has 4 rings (SSSR count). The van der Waals surface area contributed by atoms with E-state index >= 15 is 0 Å². The van der Waals surface area contributed by atoms with E-state index in [0.717, 1.165) is 27.8 Å². The summed E-state index contributed by atoms with van der Waals surface area (Å²) < 4.78 is 44.7. The molecule has 1 aromatic heterocycles. The SMILES string of the molecule is COc1ccc(S(=O)(=O)NC(=O)c2[nH]c3ccccc3c2CCCOc2cc(C)c(Cl)c(C)c2)c(OC)c1. The molecule has 2 N–H and O–H groups in total. The van der Waals surface area contributed by atoms with E-state index < -0.39 is 15.9 Å². The smallest absolute Gasteiger partial charge is 0.281 e. The predicted molar refractivity (Wildman–Crippen MR) is 147 cm³/mol. The molecular formula is C28H29ClN2O6S. The third kappa shape index (κ3) is 5.74. The van der Waals surface area contributed by atoms with Gasteiger partial charge in [0, 0.05) is 22.0 Å². The quantitative estimate of drug-likeness (QED) is 0.247. The number of aromatic amines is 1. The molecule has 0 aliphatic heterocycles. The molecule has 0 saturated heterocycles. The van der Waals surface area contributed by atoms with Gasteiger partial charge in [-0.15, -0.1) is 0 Å². The number of hydrogen-bond acceptors (Lipinski definition) is 6. The highest BCUT2D eigenvalue weighted by Crippen LogP contribution is 2.30. The third-order valence-corrected chi connectivity index (χ3v) is 8.14. The van der Waals surface area contributed by atoms with Crippen molar-refractivity contribution in [2.75, 3.05) is 20.8 Å². The van der Waals surface area contributed by atoms with Crippen molar-refractivity contribution in [1.82, 2.24) is 9.71 Å². The van der Waals surface area contributed by atoms with Gasteiger partial charge in [0.2, 0.25) is 0 Å². The Hall–Kier alpha value is -3.69. The zero-order valence-electron chi connectivity index (χ0n) is 21.6. The number of methoxy groups -OCH3 is 2. The predicted octanol–water partition coefficient (Wildman–Crippen LogP) is 5.59. The largest absolute Gasteiger partial charge is 0.497 e. The minimum Gasteiger partial charge on any atom is -0.497 e. The Bertz CT molecular complexity index is 1570. The lowest BCUT2D eigenvalue weighted by Gasteiger charge is -2.12. The number of carbonyl (C=O) groups excluding carboxylic acids is 1. The number of aromatic nitrogens is 1. The number of carbonyl (C=O) groups is 1. The molecule has 10 heteroatoms. The summed E-state index contributed by atoms with van der Waals surface area (Å²) in [6.07, 6.45) is 1.09. The van der Waals surface area contributed by atoms with Gasteiger partial charge in [0.1, 0.15) is 27.8 Å². The number of H-pyrrole nitrogens is 1. The van der Waals surface area contributed by atoms with Gasteiger partial charge >= 0.3 is 0 Å². The van der Waals surface area contributed by atoms with Crippen molar-refractivity contribution >= 4 is 38.4 Å². The fourth-order valence-electron chi connectivity index (χ4n) is 4.31. The molecule has 0 aliphatic carbocycles. The average Bonchev–Trinajstić information content (AvgIpc) is 3.27. The van der Waals surface area contributed by atoms with Crippen LogP contribution in [0.2, 0.25) is 5.02 Å². The van der Waals surface area contributed by atoms with Crippen molar-refractivity contribution < 1.29 is 27.4 Å². The highest BCUT2D eigenvalue weighted by molar-refractivity contribution is 7.90. The van der Waals surface area contributed by atoms with E-state index in [0.29, 0.717) is 35.8 Å². The molecule has 0 bridgehead atoms. The van der Waals surface area contributed by atoms with Gasteiger partial charge in [0.15, 0.2) is 0 Å². The van der Waals surface area contributed by atoms with Crippen LogP contribution >= 0.6 is 11.6 Å². The number of amides is 1. The highest BCUT2D eigenvalue weighted by Gasteiger charge is 2.26. The lowest BCUT2D eigenvalue weighted by Crippen LogP contribution is -2.31. The Morgan fingerprint density at radius 2 is 1.68 bits per heavy atom. The first-order chi connectivity index (χ1) is 18.1. The van der Waals surface area contributed by atoms with Crippen LogP contribution in [-0.4, -0.2) is 40.1 Å².